The normalized spacial score (nSPS) is 19.7. The fourth-order valence-electron chi connectivity index (χ4n) is 1.52. The largest absolute Gasteiger partial charge is 0.463 e. The molecule has 6 nitrogen and oxygen atoms in total. The van der Waals surface area contributed by atoms with Crippen LogP contribution in [0.2, 0.25) is 0 Å². The van der Waals surface area contributed by atoms with Gasteiger partial charge in [0.15, 0.2) is 0 Å². The Morgan fingerprint density at radius 3 is 2.68 bits per heavy atom. The highest BCUT2D eigenvalue weighted by Crippen LogP contribution is 2.16. The number of aliphatic imine (C=N–C) groups is 3. The van der Waals surface area contributed by atoms with Crippen LogP contribution in [0.3, 0.4) is 0 Å². The number of nitrogens with zero attached hydrogens (tertiary/aromatic N) is 3. The Morgan fingerprint density at radius 1 is 1.09 bits per heavy atom. The van der Waals surface area contributed by atoms with Crippen LogP contribution in [0.15, 0.2) is 75.8 Å². The molecule has 1 aromatic carbocycles. The molecular weight excluding hydrogens is 280 g/mol. The summed E-state index contributed by atoms with van der Waals surface area (Å²) < 4.78 is 5.48. The van der Waals surface area contributed by atoms with Gasteiger partial charge in [0.2, 0.25) is 0 Å². The highest BCUT2D eigenvalue weighted by Gasteiger charge is 2.03. The number of amides is 1. The minimum absolute atomic E-state index is 0.111. The molecule has 0 fully saturated rings. The van der Waals surface area contributed by atoms with Crippen LogP contribution in [0.1, 0.15) is 5.56 Å². The zero-order valence-electron chi connectivity index (χ0n) is 11.7. The van der Waals surface area contributed by atoms with Gasteiger partial charge in [-0.1, -0.05) is 12.1 Å². The molecule has 1 aliphatic heterocycles. The molecule has 0 aromatic heterocycles. The van der Waals surface area contributed by atoms with Gasteiger partial charge in [0.25, 0.3) is 5.91 Å². The molecule has 2 rings (SSSR count). The van der Waals surface area contributed by atoms with Gasteiger partial charge < -0.3 is 10.5 Å². The third-order valence-corrected chi connectivity index (χ3v) is 2.52. The van der Waals surface area contributed by atoms with E-state index >= 15 is 0 Å². The average molecular weight is 294 g/mol. The van der Waals surface area contributed by atoms with Crippen LogP contribution < -0.4 is 10.5 Å². The standard InChI is InChI=1S/C16H14N4O2/c17-16(21)14-5-3-7-18-8-9-19-10-11-22-15-6-2-1-4-13(15)12-20-14/h1-12H,(H2,17,21)/b7-3-,11-10-,14-5-,18-8?,19-9?,20-12?. The molecule has 1 heterocycles. The lowest BCUT2D eigenvalue weighted by atomic mass is 10.2. The number of nitrogens with two attached hydrogens (primary N) is 1. The summed E-state index contributed by atoms with van der Waals surface area (Å²) in [4.78, 5) is 23.4. The van der Waals surface area contributed by atoms with Crippen LogP contribution >= 0.6 is 0 Å². The maximum atomic E-state index is 11.4. The molecular formula is C16H14N4O2. The molecule has 0 saturated heterocycles. The Hall–Kier alpha value is -3.28. The molecule has 0 atom stereocenters. The van der Waals surface area contributed by atoms with Crippen LogP contribution in [0.25, 0.3) is 0 Å². The monoisotopic (exact) mass is 294 g/mol. The quantitative estimate of drug-likeness (QED) is 0.858. The van der Waals surface area contributed by atoms with Crippen LogP contribution in [-0.2, 0) is 4.79 Å². The first kappa shape index (κ1) is 15.1. The molecule has 6 heteroatoms. The summed E-state index contributed by atoms with van der Waals surface area (Å²) in [5.41, 5.74) is 6.11. The molecule has 0 unspecified atom stereocenters. The third-order valence-electron chi connectivity index (χ3n) is 2.52. The van der Waals surface area contributed by atoms with Gasteiger partial charge in [0.1, 0.15) is 17.7 Å². The highest BCUT2D eigenvalue weighted by atomic mass is 16.5. The first-order valence-electron chi connectivity index (χ1n) is 6.44. The first-order valence-corrected chi connectivity index (χ1v) is 6.44. The number of primary amides is 1. The SMILES string of the molecule is NC(=O)/C1=C/C=C\N=CC=N/C=C\Oc2ccccc2C=N1. The number of carbonyl (C=O) groups excluding carboxylic acids is 1. The van der Waals surface area contributed by atoms with Crippen molar-refractivity contribution in [2.24, 2.45) is 20.7 Å². The number of carbonyl (C=O) groups is 1. The smallest absolute Gasteiger partial charge is 0.267 e. The molecule has 0 spiro atoms. The van der Waals surface area contributed by atoms with Gasteiger partial charge in [0, 0.05) is 30.4 Å². The van der Waals surface area contributed by atoms with E-state index in [9.17, 15) is 4.79 Å². The van der Waals surface area contributed by atoms with Crippen molar-refractivity contribution < 1.29 is 9.53 Å². The molecule has 0 aliphatic carbocycles. The van der Waals surface area contributed by atoms with Crippen molar-refractivity contribution in [1.29, 1.82) is 0 Å². The van der Waals surface area contributed by atoms with E-state index in [0.29, 0.717) is 11.3 Å². The minimum atomic E-state index is -0.631. The lowest BCUT2D eigenvalue weighted by Gasteiger charge is -2.03. The summed E-state index contributed by atoms with van der Waals surface area (Å²) in [6.07, 6.45) is 12.0. The fraction of sp³-hybridized carbons (Fsp3) is 0. The van der Waals surface area contributed by atoms with Crippen molar-refractivity contribution in [3.63, 3.8) is 0 Å². The Balaban J connectivity index is 2.40. The van der Waals surface area contributed by atoms with E-state index in [2.05, 4.69) is 15.0 Å². The fourth-order valence-corrected chi connectivity index (χ4v) is 1.52. The lowest BCUT2D eigenvalue weighted by molar-refractivity contribution is -0.114. The van der Waals surface area contributed by atoms with Crippen LogP contribution in [0.4, 0.5) is 0 Å². The maximum absolute atomic E-state index is 11.4. The van der Waals surface area contributed by atoms with Crippen LogP contribution in [0.5, 0.6) is 5.75 Å². The predicted molar refractivity (Wildman–Crippen MR) is 87.2 cm³/mol. The van der Waals surface area contributed by atoms with Crippen molar-refractivity contribution in [1.82, 2.24) is 0 Å². The van der Waals surface area contributed by atoms with Gasteiger partial charge in [0.05, 0.1) is 6.20 Å². The van der Waals surface area contributed by atoms with E-state index in [1.807, 2.05) is 18.2 Å². The molecule has 22 heavy (non-hydrogen) atoms. The van der Waals surface area contributed by atoms with Crippen LogP contribution in [0, 0.1) is 0 Å². The zero-order valence-corrected chi connectivity index (χ0v) is 11.7. The topological polar surface area (TPSA) is 89.4 Å². The van der Waals surface area contributed by atoms with E-state index in [0.717, 1.165) is 0 Å². The molecule has 1 aliphatic rings. The van der Waals surface area contributed by atoms with Crippen molar-refractivity contribution >= 4 is 24.6 Å². The van der Waals surface area contributed by atoms with E-state index in [1.165, 1.54) is 43.4 Å². The Morgan fingerprint density at radius 2 is 1.86 bits per heavy atom. The number of benzene rings is 1. The van der Waals surface area contributed by atoms with Crippen molar-refractivity contribution in [3.05, 3.63) is 66.3 Å². The molecule has 0 bridgehead atoms. The summed E-state index contributed by atoms with van der Waals surface area (Å²) in [6.45, 7) is 0. The van der Waals surface area contributed by atoms with E-state index < -0.39 is 5.91 Å². The second-order valence-electron chi connectivity index (χ2n) is 4.05. The molecule has 1 aromatic rings. The third kappa shape index (κ3) is 4.68. The minimum Gasteiger partial charge on any atom is -0.463 e. The maximum Gasteiger partial charge on any atom is 0.267 e. The van der Waals surface area contributed by atoms with Gasteiger partial charge in [-0.05, 0) is 24.3 Å². The van der Waals surface area contributed by atoms with E-state index in [1.54, 1.807) is 12.1 Å². The summed E-state index contributed by atoms with van der Waals surface area (Å²) >= 11 is 0. The summed E-state index contributed by atoms with van der Waals surface area (Å²) in [5, 5.41) is 0. The number of hydrogen-bond acceptors (Lipinski definition) is 5. The number of fused-ring (bicyclic) bond motifs is 1. The van der Waals surface area contributed by atoms with Crippen molar-refractivity contribution in [2.75, 3.05) is 0 Å². The molecule has 110 valence electrons. The van der Waals surface area contributed by atoms with Crippen LogP contribution in [-0.4, -0.2) is 24.6 Å². The second kappa shape index (κ2) is 8.11. The van der Waals surface area contributed by atoms with Gasteiger partial charge >= 0.3 is 0 Å². The van der Waals surface area contributed by atoms with E-state index in [-0.39, 0.29) is 5.70 Å². The Bertz CT molecular complexity index is 713. The molecule has 1 amide bonds. The van der Waals surface area contributed by atoms with Gasteiger partial charge in [-0.2, -0.15) is 0 Å². The number of hydrogen-bond donors (Lipinski definition) is 1. The highest BCUT2D eigenvalue weighted by molar-refractivity contribution is 6.16. The summed E-state index contributed by atoms with van der Waals surface area (Å²) in [5.74, 6) is -0.0466. The van der Waals surface area contributed by atoms with Gasteiger partial charge in [-0.25, -0.2) is 0 Å². The number of rotatable bonds is 1. The number of para-hydroxylation sites is 1. The number of allylic oxidation sites excluding steroid dienone is 2. The lowest BCUT2D eigenvalue weighted by Crippen LogP contribution is -2.12. The molecule has 0 saturated carbocycles. The zero-order chi connectivity index (χ0) is 15.6. The van der Waals surface area contributed by atoms with E-state index in [4.69, 9.17) is 10.5 Å². The van der Waals surface area contributed by atoms with Crippen molar-refractivity contribution in [2.45, 2.75) is 0 Å². The Labute approximate surface area is 127 Å². The first-order chi connectivity index (χ1) is 10.8. The summed E-state index contributed by atoms with van der Waals surface area (Å²) in [6, 6.07) is 7.26. The Kier molecular flexibility index (Phi) is 5.57. The van der Waals surface area contributed by atoms with Crippen molar-refractivity contribution in [3.8, 4) is 5.75 Å². The summed E-state index contributed by atoms with van der Waals surface area (Å²) in [7, 11) is 0. The number of ether oxygens (including phenoxy) is 1. The molecule has 2 N–H and O–H groups in total. The second-order valence-corrected chi connectivity index (χ2v) is 4.05. The van der Waals surface area contributed by atoms with Gasteiger partial charge in [-0.3, -0.25) is 19.8 Å². The average Bonchev–Trinajstić information content (AvgIpc) is 2.52. The molecule has 0 radical (unpaired) electrons. The predicted octanol–water partition coefficient (Wildman–Crippen LogP) is 1.99. The van der Waals surface area contributed by atoms with Gasteiger partial charge in [-0.15, -0.1) is 0 Å².